The zero-order chi connectivity index (χ0) is 13.7. The zero-order valence-electron chi connectivity index (χ0n) is 12.5. The summed E-state index contributed by atoms with van der Waals surface area (Å²) in [6, 6.07) is 1.15. The summed E-state index contributed by atoms with van der Waals surface area (Å²) in [5.74, 6) is 2.29. The van der Waals surface area contributed by atoms with Gasteiger partial charge in [-0.3, -0.25) is 0 Å². The van der Waals surface area contributed by atoms with E-state index in [2.05, 4.69) is 41.2 Å². The monoisotopic (exact) mass is 281 g/mol. The molecule has 0 radical (unpaired) electrons. The van der Waals surface area contributed by atoms with Gasteiger partial charge in [0.05, 0.1) is 5.69 Å². The van der Waals surface area contributed by atoms with Crippen molar-refractivity contribution in [2.45, 2.75) is 64.5 Å². The molecule has 0 aromatic carbocycles. The Morgan fingerprint density at radius 1 is 1.42 bits per heavy atom. The van der Waals surface area contributed by atoms with Gasteiger partial charge < -0.3 is 9.88 Å². The van der Waals surface area contributed by atoms with Crippen LogP contribution < -0.4 is 5.32 Å². The molecule has 1 aliphatic rings. The van der Waals surface area contributed by atoms with Crippen LogP contribution in [0.25, 0.3) is 0 Å². The Morgan fingerprint density at radius 3 is 2.84 bits per heavy atom. The predicted molar refractivity (Wildman–Crippen MR) is 85.2 cm³/mol. The lowest BCUT2D eigenvalue weighted by Crippen LogP contribution is -2.21. The molecule has 0 saturated heterocycles. The summed E-state index contributed by atoms with van der Waals surface area (Å²) in [5.41, 5.74) is 1.13. The van der Waals surface area contributed by atoms with Crippen LogP contribution in [0.1, 0.15) is 57.2 Å². The van der Waals surface area contributed by atoms with Gasteiger partial charge in [0.15, 0.2) is 0 Å². The van der Waals surface area contributed by atoms with Gasteiger partial charge >= 0.3 is 0 Å². The number of aromatic nitrogens is 2. The SMILES string of the molecule is CSCCC(C)Nc1nc(C)cn1C1CCCCC1. The summed E-state index contributed by atoms with van der Waals surface area (Å²) in [6.45, 7) is 4.35. The molecule has 1 aliphatic carbocycles. The van der Waals surface area contributed by atoms with Gasteiger partial charge in [0, 0.05) is 18.3 Å². The summed E-state index contributed by atoms with van der Waals surface area (Å²) in [6.07, 6.45) is 12.3. The Morgan fingerprint density at radius 2 is 2.16 bits per heavy atom. The van der Waals surface area contributed by atoms with Gasteiger partial charge in [-0.2, -0.15) is 11.8 Å². The first kappa shape index (κ1) is 14.8. The molecule has 108 valence electrons. The average Bonchev–Trinajstić information content (AvgIpc) is 2.78. The fraction of sp³-hybridized carbons (Fsp3) is 0.800. The smallest absolute Gasteiger partial charge is 0.203 e. The van der Waals surface area contributed by atoms with Gasteiger partial charge in [-0.15, -0.1) is 0 Å². The molecule has 0 bridgehead atoms. The molecule has 0 spiro atoms. The third-order valence-electron chi connectivity index (χ3n) is 3.95. The van der Waals surface area contributed by atoms with E-state index in [4.69, 9.17) is 0 Å². The Kier molecular flexibility index (Phi) is 5.61. The van der Waals surface area contributed by atoms with Crippen molar-refractivity contribution in [2.75, 3.05) is 17.3 Å². The standard InChI is InChI=1S/C15H27N3S/c1-12(9-10-19-3)16-15-17-13(2)11-18(15)14-7-5-4-6-8-14/h11-12,14H,4-10H2,1-3H3,(H,16,17). The van der Waals surface area contributed by atoms with Crippen molar-refractivity contribution in [1.29, 1.82) is 0 Å². The fourth-order valence-corrected chi connectivity index (χ4v) is 3.44. The van der Waals surface area contributed by atoms with Crippen LogP contribution in [0.15, 0.2) is 6.20 Å². The number of imidazole rings is 1. The summed E-state index contributed by atoms with van der Waals surface area (Å²) in [5, 5.41) is 3.60. The van der Waals surface area contributed by atoms with Gasteiger partial charge in [0.2, 0.25) is 5.95 Å². The van der Waals surface area contributed by atoms with Crippen LogP contribution in [0.5, 0.6) is 0 Å². The van der Waals surface area contributed by atoms with E-state index in [9.17, 15) is 0 Å². The first-order valence-electron chi connectivity index (χ1n) is 7.51. The maximum atomic E-state index is 4.68. The van der Waals surface area contributed by atoms with E-state index in [1.54, 1.807) is 0 Å². The average molecular weight is 281 g/mol. The van der Waals surface area contributed by atoms with Crippen molar-refractivity contribution < 1.29 is 0 Å². The Bertz CT molecular complexity index is 383. The van der Waals surface area contributed by atoms with Crippen molar-refractivity contribution in [3.63, 3.8) is 0 Å². The highest BCUT2D eigenvalue weighted by Gasteiger charge is 2.19. The molecule has 1 aromatic rings. The van der Waals surface area contributed by atoms with Crippen LogP contribution in [-0.4, -0.2) is 27.6 Å². The number of hydrogen-bond acceptors (Lipinski definition) is 3. The minimum absolute atomic E-state index is 0.497. The maximum Gasteiger partial charge on any atom is 0.203 e. The predicted octanol–water partition coefficient (Wildman–Crippen LogP) is 4.25. The van der Waals surface area contributed by atoms with Crippen LogP contribution in [0.3, 0.4) is 0 Å². The quantitative estimate of drug-likeness (QED) is 0.845. The van der Waals surface area contributed by atoms with Crippen molar-refractivity contribution in [3.8, 4) is 0 Å². The third kappa shape index (κ3) is 4.16. The summed E-state index contributed by atoms with van der Waals surface area (Å²) >= 11 is 1.91. The maximum absolute atomic E-state index is 4.68. The summed E-state index contributed by atoms with van der Waals surface area (Å²) < 4.78 is 2.39. The molecule has 0 amide bonds. The molecule has 1 unspecified atom stereocenters. The number of anilines is 1. The molecule has 1 heterocycles. The minimum Gasteiger partial charge on any atom is -0.353 e. The number of nitrogens with zero attached hydrogens (tertiary/aromatic N) is 2. The van der Waals surface area contributed by atoms with Crippen LogP contribution in [0.2, 0.25) is 0 Å². The molecule has 1 N–H and O–H groups in total. The first-order valence-corrected chi connectivity index (χ1v) is 8.91. The topological polar surface area (TPSA) is 29.9 Å². The van der Waals surface area contributed by atoms with E-state index in [1.165, 1.54) is 44.3 Å². The van der Waals surface area contributed by atoms with Crippen LogP contribution >= 0.6 is 11.8 Å². The van der Waals surface area contributed by atoms with Gasteiger partial charge in [-0.05, 0) is 45.1 Å². The zero-order valence-corrected chi connectivity index (χ0v) is 13.3. The van der Waals surface area contributed by atoms with Crippen molar-refractivity contribution in [2.24, 2.45) is 0 Å². The molecule has 2 rings (SSSR count). The number of rotatable bonds is 6. The fourth-order valence-electron chi connectivity index (χ4n) is 2.85. The van der Waals surface area contributed by atoms with Gasteiger partial charge in [-0.1, -0.05) is 19.3 Å². The molecule has 0 aliphatic heterocycles. The first-order chi connectivity index (χ1) is 9.20. The molecular formula is C15H27N3S. The Balaban J connectivity index is 2.02. The lowest BCUT2D eigenvalue weighted by molar-refractivity contribution is 0.355. The van der Waals surface area contributed by atoms with E-state index in [1.807, 2.05) is 11.8 Å². The molecule has 3 nitrogen and oxygen atoms in total. The molecule has 19 heavy (non-hydrogen) atoms. The second-order valence-corrected chi connectivity index (χ2v) is 6.72. The Hall–Kier alpha value is -0.640. The van der Waals surface area contributed by atoms with Crippen molar-refractivity contribution in [3.05, 3.63) is 11.9 Å². The van der Waals surface area contributed by atoms with Crippen LogP contribution in [-0.2, 0) is 0 Å². The molecule has 1 fully saturated rings. The lowest BCUT2D eigenvalue weighted by atomic mass is 9.95. The van der Waals surface area contributed by atoms with E-state index < -0.39 is 0 Å². The molecule has 1 saturated carbocycles. The van der Waals surface area contributed by atoms with Crippen LogP contribution in [0, 0.1) is 6.92 Å². The van der Waals surface area contributed by atoms with E-state index >= 15 is 0 Å². The van der Waals surface area contributed by atoms with Gasteiger partial charge in [0.25, 0.3) is 0 Å². The Labute approximate surface area is 121 Å². The third-order valence-corrected chi connectivity index (χ3v) is 4.60. The van der Waals surface area contributed by atoms with Crippen molar-refractivity contribution >= 4 is 17.7 Å². The van der Waals surface area contributed by atoms with E-state index in [-0.39, 0.29) is 0 Å². The number of thioether (sulfide) groups is 1. The summed E-state index contributed by atoms with van der Waals surface area (Å²) in [7, 11) is 0. The molecule has 1 atom stereocenters. The molecule has 1 aromatic heterocycles. The second-order valence-electron chi connectivity index (χ2n) is 5.73. The normalized spacial score (nSPS) is 18.5. The highest BCUT2D eigenvalue weighted by atomic mass is 32.2. The van der Waals surface area contributed by atoms with Crippen LogP contribution in [0.4, 0.5) is 5.95 Å². The van der Waals surface area contributed by atoms with Gasteiger partial charge in [0.1, 0.15) is 0 Å². The van der Waals surface area contributed by atoms with E-state index in [0.29, 0.717) is 12.1 Å². The number of nitrogens with one attached hydrogen (secondary N) is 1. The molecule has 4 heteroatoms. The second kappa shape index (κ2) is 7.22. The van der Waals surface area contributed by atoms with Gasteiger partial charge in [-0.25, -0.2) is 4.98 Å². The minimum atomic E-state index is 0.497. The van der Waals surface area contributed by atoms with E-state index in [0.717, 1.165) is 11.6 Å². The summed E-state index contributed by atoms with van der Waals surface area (Å²) in [4.78, 5) is 4.68. The highest BCUT2D eigenvalue weighted by molar-refractivity contribution is 7.98. The largest absolute Gasteiger partial charge is 0.353 e. The van der Waals surface area contributed by atoms with Crippen molar-refractivity contribution in [1.82, 2.24) is 9.55 Å². The highest BCUT2D eigenvalue weighted by Crippen LogP contribution is 2.31. The molecular weight excluding hydrogens is 254 g/mol. The number of aryl methyl sites for hydroxylation is 1. The lowest BCUT2D eigenvalue weighted by Gasteiger charge is -2.25. The number of hydrogen-bond donors (Lipinski definition) is 1.